The molecule has 1 aliphatic heterocycles. The maximum absolute atomic E-state index is 9.85. The molecule has 0 saturated heterocycles. The monoisotopic (exact) mass is 377 g/mol. The topological polar surface area (TPSA) is 97.4 Å². The van der Waals surface area contributed by atoms with Gasteiger partial charge in [0.25, 0.3) is 0 Å². The number of methoxy groups -OCH3 is 1. The van der Waals surface area contributed by atoms with Crippen LogP contribution in [0.15, 0.2) is 6.20 Å². The highest BCUT2D eigenvalue weighted by molar-refractivity contribution is 6.30. The number of nitrogens with zero attached hydrogens (tertiary/aromatic N) is 4. The lowest BCUT2D eigenvalue weighted by atomic mass is 9.98. The maximum Gasteiger partial charge on any atom is 0.223 e. The fourth-order valence-corrected chi connectivity index (χ4v) is 3.96. The Bertz CT molecular complexity index is 828. The van der Waals surface area contributed by atoms with Crippen molar-refractivity contribution in [3.05, 3.63) is 33.7 Å². The van der Waals surface area contributed by atoms with Crippen LogP contribution in [-0.2, 0) is 6.54 Å². The molecule has 0 radical (unpaired) electrons. The lowest BCUT2D eigenvalue weighted by Gasteiger charge is -2.21. The molecular formula is C18H24ClN5O2. The van der Waals surface area contributed by atoms with Gasteiger partial charge in [0.05, 0.1) is 25.5 Å². The molecule has 0 spiro atoms. The van der Waals surface area contributed by atoms with Crippen LogP contribution >= 0.6 is 11.6 Å². The minimum Gasteiger partial charge on any atom is -0.496 e. The number of aliphatic hydroxyl groups excluding tert-OH is 1. The molecule has 2 unspecified atom stereocenters. The molecule has 1 aliphatic rings. The van der Waals surface area contributed by atoms with E-state index in [-0.39, 0.29) is 11.9 Å². The predicted octanol–water partition coefficient (Wildman–Crippen LogP) is 2.61. The predicted molar refractivity (Wildman–Crippen MR) is 102 cm³/mol. The van der Waals surface area contributed by atoms with Crippen molar-refractivity contribution in [2.75, 3.05) is 24.3 Å². The van der Waals surface area contributed by atoms with Crippen LogP contribution in [0, 0.1) is 13.8 Å². The van der Waals surface area contributed by atoms with E-state index in [9.17, 15) is 5.11 Å². The average Bonchev–Trinajstić information content (AvgIpc) is 2.87. The molecule has 8 heteroatoms. The molecule has 0 saturated carbocycles. The van der Waals surface area contributed by atoms with E-state index in [2.05, 4.69) is 19.9 Å². The van der Waals surface area contributed by atoms with Gasteiger partial charge in [-0.15, -0.1) is 0 Å². The molecule has 0 bridgehead atoms. The minimum absolute atomic E-state index is 0.0470. The number of anilines is 2. The Hall–Kier alpha value is -2.12. The van der Waals surface area contributed by atoms with Gasteiger partial charge >= 0.3 is 0 Å². The van der Waals surface area contributed by atoms with Crippen molar-refractivity contribution in [3.63, 3.8) is 0 Å². The summed E-state index contributed by atoms with van der Waals surface area (Å²) in [4.78, 5) is 15.2. The number of aromatic nitrogens is 3. The molecule has 3 N–H and O–H groups in total. The van der Waals surface area contributed by atoms with Gasteiger partial charge in [-0.25, -0.2) is 4.98 Å². The van der Waals surface area contributed by atoms with Gasteiger partial charge in [-0.1, -0.05) is 11.6 Å². The Labute approximate surface area is 158 Å². The van der Waals surface area contributed by atoms with Gasteiger partial charge in [-0.05, 0) is 27.2 Å². The van der Waals surface area contributed by atoms with Crippen LogP contribution < -0.4 is 15.4 Å². The summed E-state index contributed by atoms with van der Waals surface area (Å²) >= 11 is 6.35. The lowest BCUT2D eigenvalue weighted by molar-refractivity contribution is 0.176. The molecule has 140 valence electrons. The largest absolute Gasteiger partial charge is 0.496 e. The van der Waals surface area contributed by atoms with Gasteiger partial charge in [-0.2, -0.15) is 4.98 Å². The first kappa shape index (κ1) is 18.7. The normalized spacial score (nSPS) is 17.3. The molecule has 0 fully saturated rings. The second-order valence-corrected chi connectivity index (χ2v) is 7.18. The number of nitrogen functional groups attached to an aromatic ring is 1. The number of aliphatic hydroxyl groups is 1. The van der Waals surface area contributed by atoms with Gasteiger partial charge in [-0.3, -0.25) is 4.98 Å². The van der Waals surface area contributed by atoms with Crippen LogP contribution in [0.2, 0.25) is 5.15 Å². The van der Waals surface area contributed by atoms with Crippen molar-refractivity contribution >= 4 is 23.4 Å². The highest BCUT2D eigenvalue weighted by atomic mass is 35.5. The van der Waals surface area contributed by atoms with Crippen LogP contribution in [0.1, 0.15) is 41.6 Å². The first-order valence-corrected chi connectivity index (χ1v) is 8.94. The van der Waals surface area contributed by atoms with E-state index in [4.69, 9.17) is 22.1 Å². The molecule has 2 aromatic rings. The molecule has 2 atom stereocenters. The number of nitrogens with two attached hydrogens (primary N) is 1. The van der Waals surface area contributed by atoms with Gasteiger partial charge < -0.3 is 20.5 Å². The van der Waals surface area contributed by atoms with E-state index in [1.807, 2.05) is 20.0 Å². The second-order valence-electron chi connectivity index (χ2n) is 6.82. The zero-order valence-corrected chi connectivity index (χ0v) is 16.2. The van der Waals surface area contributed by atoms with E-state index in [0.717, 1.165) is 28.1 Å². The maximum atomic E-state index is 9.85. The smallest absolute Gasteiger partial charge is 0.223 e. The minimum atomic E-state index is -0.444. The summed E-state index contributed by atoms with van der Waals surface area (Å²) in [5.74, 6) is 1.75. The molecule has 26 heavy (non-hydrogen) atoms. The van der Waals surface area contributed by atoms with Gasteiger partial charge in [0.1, 0.15) is 16.7 Å². The number of pyridine rings is 1. The number of halogens is 1. The van der Waals surface area contributed by atoms with E-state index in [0.29, 0.717) is 30.5 Å². The van der Waals surface area contributed by atoms with Crippen LogP contribution in [-0.4, -0.2) is 39.8 Å². The van der Waals surface area contributed by atoms with Crippen molar-refractivity contribution in [2.45, 2.75) is 45.8 Å². The Kier molecular flexibility index (Phi) is 5.20. The Morgan fingerprint density at radius 1 is 1.42 bits per heavy atom. The molecular weight excluding hydrogens is 354 g/mol. The number of hydrogen-bond acceptors (Lipinski definition) is 7. The number of ether oxygens (including phenoxy) is 1. The third-order valence-corrected chi connectivity index (χ3v) is 5.05. The standard InChI is InChI=1S/C18H24ClN5O2/c1-9-6-21-13(11(3)15(9)26-4)8-24-7-12(5-10(2)25)14-16(19)22-18(20)23-17(14)24/h6,10,12,25H,5,7-8H2,1-4H3,(H2,20,22,23). The number of aryl methyl sites for hydroxylation is 1. The number of rotatable bonds is 5. The average molecular weight is 378 g/mol. The van der Waals surface area contributed by atoms with Crippen molar-refractivity contribution in [1.82, 2.24) is 15.0 Å². The van der Waals surface area contributed by atoms with Crippen molar-refractivity contribution in [2.24, 2.45) is 0 Å². The molecule has 0 aromatic carbocycles. The van der Waals surface area contributed by atoms with Gasteiger partial charge in [0.15, 0.2) is 0 Å². The Balaban J connectivity index is 1.98. The Morgan fingerprint density at radius 3 is 2.81 bits per heavy atom. The van der Waals surface area contributed by atoms with E-state index in [1.165, 1.54) is 0 Å². The molecule has 3 heterocycles. The third kappa shape index (κ3) is 3.41. The second kappa shape index (κ2) is 7.25. The van der Waals surface area contributed by atoms with Crippen LogP contribution in [0.4, 0.5) is 11.8 Å². The molecule has 2 aromatic heterocycles. The fraction of sp³-hybridized carbons (Fsp3) is 0.500. The highest BCUT2D eigenvalue weighted by Crippen LogP contribution is 2.42. The van der Waals surface area contributed by atoms with Gasteiger partial charge in [0, 0.05) is 35.3 Å². The van der Waals surface area contributed by atoms with Crippen LogP contribution in [0.5, 0.6) is 5.75 Å². The zero-order valence-electron chi connectivity index (χ0n) is 15.5. The first-order chi connectivity index (χ1) is 12.3. The summed E-state index contributed by atoms with van der Waals surface area (Å²) in [7, 11) is 1.66. The van der Waals surface area contributed by atoms with E-state index < -0.39 is 6.10 Å². The molecule has 7 nitrogen and oxygen atoms in total. The summed E-state index contributed by atoms with van der Waals surface area (Å²) in [6, 6.07) is 0. The van der Waals surface area contributed by atoms with Crippen molar-refractivity contribution in [1.29, 1.82) is 0 Å². The van der Waals surface area contributed by atoms with Crippen molar-refractivity contribution < 1.29 is 9.84 Å². The lowest BCUT2D eigenvalue weighted by Crippen LogP contribution is -2.24. The van der Waals surface area contributed by atoms with Crippen LogP contribution in [0.3, 0.4) is 0 Å². The summed E-state index contributed by atoms with van der Waals surface area (Å²) in [5, 5.41) is 10.2. The SMILES string of the molecule is COc1c(C)cnc(CN2CC(CC(C)O)c3c(Cl)nc(N)nc32)c1C. The molecule has 0 amide bonds. The first-order valence-electron chi connectivity index (χ1n) is 8.56. The van der Waals surface area contributed by atoms with Crippen molar-refractivity contribution in [3.8, 4) is 5.75 Å². The molecule has 3 rings (SSSR count). The molecule has 0 aliphatic carbocycles. The zero-order chi connectivity index (χ0) is 19.0. The number of hydrogen-bond donors (Lipinski definition) is 2. The highest BCUT2D eigenvalue weighted by Gasteiger charge is 2.34. The van der Waals surface area contributed by atoms with E-state index >= 15 is 0 Å². The van der Waals surface area contributed by atoms with Gasteiger partial charge in [0.2, 0.25) is 5.95 Å². The summed E-state index contributed by atoms with van der Waals surface area (Å²) < 4.78 is 5.50. The quantitative estimate of drug-likeness (QED) is 0.773. The fourth-order valence-electron chi connectivity index (χ4n) is 3.64. The Morgan fingerprint density at radius 2 is 2.15 bits per heavy atom. The summed E-state index contributed by atoms with van der Waals surface area (Å²) in [6.45, 7) is 6.97. The number of fused-ring (bicyclic) bond motifs is 1. The van der Waals surface area contributed by atoms with Crippen LogP contribution in [0.25, 0.3) is 0 Å². The third-order valence-electron chi connectivity index (χ3n) is 4.76. The summed E-state index contributed by atoms with van der Waals surface area (Å²) in [5.41, 5.74) is 9.56. The summed E-state index contributed by atoms with van der Waals surface area (Å²) in [6.07, 6.45) is 1.95. The van der Waals surface area contributed by atoms with E-state index in [1.54, 1.807) is 14.0 Å².